The lowest BCUT2D eigenvalue weighted by Gasteiger charge is -2.36. The van der Waals surface area contributed by atoms with Gasteiger partial charge in [0.25, 0.3) is 5.91 Å². The van der Waals surface area contributed by atoms with E-state index in [0.29, 0.717) is 24.8 Å². The first-order chi connectivity index (χ1) is 15.3. The summed E-state index contributed by atoms with van der Waals surface area (Å²) in [5, 5.41) is 3.43. The maximum absolute atomic E-state index is 12.5. The number of rotatable bonds is 5. The number of piperazine rings is 1. The van der Waals surface area contributed by atoms with Crippen molar-refractivity contribution in [3.05, 3.63) is 60.1 Å². The molecule has 2 saturated heterocycles. The van der Waals surface area contributed by atoms with Crippen molar-refractivity contribution in [2.75, 3.05) is 45.9 Å². The molecule has 7 heteroatoms. The van der Waals surface area contributed by atoms with Gasteiger partial charge in [-0.25, -0.2) is 0 Å². The Bertz CT molecular complexity index is 845. The van der Waals surface area contributed by atoms with Crippen LogP contribution in [0.25, 0.3) is 0 Å². The van der Waals surface area contributed by atoms with Gasteiger partial charge in [0.1, 0.15) is 0 Å². The molecule has 166 valence electrons. The maximum Gasteiger partial charge on any atom is 0.289 e. The van der Waals surface area contributed by atoms with Gasteiger partial charge in [0, 0.05) is 51.8 Å². The van der Waals surface area contributed by atoms with Gasteiger partial charge < -0.3 is 24.3 Å². The number of hydrogen-bond acceptors (Lipinski definition) is 4. The van der Waals surface area contributed by atoms with Crippen molar-refractivity contribution in [3.63, 3.8) is 0 Å². The number of ether oxygens (including phenoxy) is 1. The molecule has 2 fully saturated rings. The van der Waals surface area contributed by atoms with E-state index >= 15 is 0 Å². The molecule has 1 amide bonds. The standard InChI is InChI=1S/C24H32N4O3/c1-2-25-24(28-14-12-27(13-15-28)23(29)21-11-7-16-30-21)26-18-20-10-6-17-31-22(20)19-8-4-3-5-9-19/h3-5,7-9,11,16,20,22H,2,6,10,12-15,17-18H2,1H3,(H,25,26). The largest absolute Gasteiger partial charge is 0.459 e. The van der Waals surface area contributed by atoms with Gasteiger partial charge in [-0.2, -0.15) is 0 Å². The van der Waals surface area contributed by atoms with E-state index in [1.165, 1.54) is 11.8 Å². The van der Waals surface area contributed by atoms with E-state index < -0.39 is 0 Å². The molecular formula is C24H32N4O3. The second-order valence-corrected chi connectivity index (χ2v) is 8.06. The lowest BCUT2D eigenvalue weighted by Crippen LogP contribution is -2.53. The number of nitrogens with one attached hydrogen (secondary N) is 1. The van der Waals surface area contributed by atoms with E-state index in [0.717, 1.165) is 51.6 Å². The monoisotopic (exact) mass is 424 g/mol. The molecule has 2 aromatic rings. The van der Waals surface area contributed by atoms with E-state index in [4.69, 9.17) is 14.1 Å². The fourth-order valence-corrected chi connectivity index (χ4v) is 4.35. The minimum absolute atomic E-state index is 0.0448. The molecule has 4 rings (SSSR count). The summed E-state index contributed by atoms with van der Waals surface area (Å²) in [6.45, 7) is 7.25. The molecule has 0 aliphatic carbocycles. The molecule has 2 aliphatic heterocycles. The number of aliphatic imine (C=N–C) groups is 1. The molecule has 3 heterocycles. The summed E-state index contributed by atoms with van der Waals surface area (Å²) in [5.74, 6) is 1.64. The van der Waals surface area contributed by atoms with Crippen LogP contribution in [0.5, 0.6) is 0 Å². The van der Waals surface area contributed by atoms with Crippen molar-refractivity contribution in [1.29, 1.82) is 0 Å². The third-order valence-corrected chi connectivity index (χ3v) is 5.98. The second-order valence-electron chi connectivity index (χ2n) is 8.06. The number of carbonyl (C=O) groups excluding carboxylic acids is 1. The van der Waals surface area contributed by atoms with Crippen molar-refractivity contribution < 1.29 is 13.9 Å². The number of carbonyl (C=O) groups is 1. The third kappa shape index (κ3) is 5.28. The van der Waals surface area contributed by atoms with Gasteiger partial charge in [-0.3, -0.25) is 9.79 Å². The van der Waals surface area contributed by atoms with Gasteiger partial charge in [0.05, 0.1) is 12.4 Å². The molecule has 0 radical (unpaired) electrons. The highest BCUT2D eigenvalue weighted by Gasteiger charge is 2.29. The first-order valence-corrected chi connectivity index (χ1v) is 11.3. The first kappa shape index (κ1) is 21.4. The number of amides is 1. The molecule has 0 saturated carbocycles. The van der Waals surface area contributed by atoms with Crippen molar-refractivity contribution in [1.82, 2.24) is 15.1 Å². The molecule has 2 aliphatic rings. The van der Waals surface area contributed by atoms with Gasteiger partial charge in [0.15, 0.2) is 11.7 Å². The average Bonchev–Trinajstić information content (AvgIpc) is 3.37. The van der Waals surface area contributed by atoms with Crippen molar-refractivity contribution in [2.24, 2.45) is 10.9 Å². The van der Waals surface area contributed by atoms with E-state index in [1.807, 2.05) is 11.0 Å². The summed E-state index contributed by atoms with van der Waals surface area (Å²) in [6.07, 6.45) is 3.84. The molecule has 1 aromatic carbocycles. The normalized spacial score (nSPS) is 22.4. The molecular weight excluding hydrogens is 392 g/mol. The molecule has 0 bridgehead atoms. The fraction of sp³-hybridized carbons (Fsp3) is 0.500. The lowest BCUT2D eigenvalue weighted by atomic mass is 9.89. The Hall–Kier alpha value is -2.80. The first-order valence-electron chi connectivity index (χ1n) is 11.3. The smallest absolute Gasteiger partial charge is 0.289 e. The molecule has 2 atom stereocenters. The summed E-state index contributed by atoms with van der Waals surface area (Å²) in [7, 11) is 0. The Morgan fingerprint density at radius 3 is 2.58 bits per heavy atom. The minimum Gasteiger partial charge on any atom is -0.459 e. The topological polar surface area (TPSA) is 70.3 Å². The number of hydrogen-bond donors (Lipinski definition) is 1. The Morgan fingerprint density at radius 1 is 1.10 bits per heavy atom. The van der Waals surface area contributed by atoms with Crippen LogP contribution in [0.15, 0.2) is 58.1 Å². The van der Waals surface area contributed by atoms with E-state index in [1.54, 1.807) is 12.1 Å². The van der Waals surface area contributed by atoms with Crippen molar-refractivity contribution >= 4 is 11.9 Å². The highest BCUT2D eigenvalue weighted by atomic mass is 16.5. The lowest BCUT2D eigenvalue weighted by molar-refractivity contribution is -0.0251. The highest BCUT2D eigenvalue weighted by molar-refractivity contribution is 5.91. The molecule has 0 spiro atoms. The van der Waals surface area contributed by atoms with Crippen LogP contribution in [0, 0.1) is 5.92 Å². The Morgan fingerprint density at radius 2 is 1.87 bits per heavy atom. The number of benzene rings is 1. The zero-order valence-electron chi connectivity index (χ0n) is 18.2. The zero-order valence-corrected chi connectivity index (χ0v) is 18.2. The molecule has 7 nitrogen and oxygen atoms in total. The third-order valence-electron chi connectivity index (χ3n) is 5.98. The number of guanidine groups is 1. The van der Waals surface area contributed by atoms with Crippen LogP contribution in [0.3, 0.4) is 0 Å². The van der Waals surface area contributed by atoms with Crippen molar-refractivity contribution in [3.8, 4) is 0 Å². The van der Waals surface area contributed by atoms with E-state index in [9.17, 15) is 4.79 Å². The predicted molar refractivity (Wildman–Crippen MR) is 120 cm³/mol. The Balaban J connectivity index is 1.38. The fourth-order valence-electron chi connectivity index (χ4n) is 4.35. The zero-order chi connectivity index (χ0) is 21.5. The van der Waals surface area contributed by atoms with Crippen LogP contribution < -0.4 is 5.32 Å². The average molecular weight is 425 g/mol. The van der Waals surface area contributed by atoms with Gasteiger partial charge in [-0.15, -0.1) is 0 Å². The highest BCUT2D eigenvalue weighted by Crippen LogP contribution is 2.33. The van der Waals surface area contributed by atoms with Gasteiger partial charge in [-0.05, 0) is 37.5 Å². The summed E-state index contributed by atoms with van der Waals surface area (Å²) >= 11 is 0. The number of furan rings is 1. The van der Waals surface area contributed by atoms with Gasteiger partial charge in [-0.1, -0.05) is 30.3 Å². The summed E-state index contributed by atoms with van der Waals surface area (Å²) in [4.78, 5) is 21.6. The quantitative estimate of drug-likeness (QED) is 0.590. The van der Waals surface area contributed by atoms with Crippen LogP contribution in [0.1, 0.15) is 42.0 Å². The molecule has 1 aromatic heterocycles. The molecule has 2 unspecified atom stereocenters. The summed E-state index contributed by atoms with van der Waals surface area (Å²) in [6, 6.07) is 13.9. The molecule has 31 heavy (non-hydrogen) atoms. The number of nitrogens with zero attached hydrogens (tertiary/aromatic N) is 3. The van der Waals surface area contributed by atoms with Crippen molar-refractivity contribution in [2.45, 2.75) is 25.9 Å². The maximum atomic E-state index is 12.5. The van der Waals surface area contributed by atoms with Crippen LogP contribution in [0.4, 0.5) is 0 Å². The second kappa shape index (κ2) is 10.5. The summed E-state index contributed by atoms with van der Waals surface area (Å²) < 4.78 is 11.4. The van der Waals surface area contributed by atoms with Crippen LogP contribution in [-0.2, 0) is 4.74 Å². The van der Waals surface area contributed by atoms with Gasteiger partial charge >= 0.3 is 0 Å². The predicted octanol–water partition coefficient (Wildman–Crippen LogP) is 3.17. The van der Waals surface area contributed by atoms with E-state index in [-0.39, 0.29) is 12.0 Å². The van der Waals surface area contributed by atoms with Gasteiger partial charge in [0.2, 0.25) is 0 Å². The minimum atomic E-state index is -0.0448. The molecule has 1 N–H and O–H groups in total. The Labute approximate surface area is 184 Å². The summed E-state index contributed by atoms with van der Waals surface area (Å²) in [5.41, 5.74) is 1.23. The van der Waals surface area contributed by atoms with Crippen LogP contribution in [0.2, 0.25) is 0 Å². The Kier molecular flexibility index (Phi) is 7.25. The van der Waals surface area contributed by atoms with Crippen LogP contribution in [-0.4, -0.2) is 67.5 Å². The SMILES string of the molecule is CCNC(=NCC1CCCOC1c1ccccc1)N1CCN(C(=O)c2ccco2)CC1. The van der Waals surface area contributed by atoms with Crippen LogP contribution >= 0.6 is 0 Å². The van der Waals surface area contributed by atoms with E-state index in [2.05, 4.69) is 41.4 Å².